The van der Waals surface area contributed by atoms with E-state index in [9.17, 15) is 9.59 Å². The number of likely N-dealkylation sites (tertiary alicyclic amines) is 1. The van der Waals surface area contributed by atoms with Crippen molar-refractivity contribution in [3.8, 4) is 11.3 Å². The number of nitrogen functional groups attached to an aromatic ring is 1. The lowest BCUT2D eigenvalue weighted by Crippen LogP contribution is -2.38. The molecule has 1 fully saturated rings. The van der Waals surface area contributed by atoms with Crippen LogP contribution < -0.4 is 11.1 Å². The van der Waals surface area contributed by atoms with Crippen molar-refractivity contribution in [2.45, 2.75) is 52.0 Å². The van der Waals surface area contributed by atoms with Crippen LogP contribution in [0.2, 0.25) is 0 Å². The maximum atomic E-state index is 13.2. The molecule has 2 aromatic heterocycles. The number of imidazole rings is 1. The van der Waals surface area contributed by atoms with E-state index in [2.05, 4.69) is 43.7 Å². The highest BCUT2D eigenvalue weighted by molar-refractivity contribution is 6.05. The first-order chi connectivity index (χ1) is 18.8. The molecule has 8 nitrogen and oxygen atoms in total. The Morgan fingerprint density at radius 2 is 2.00 bits per heavy atom. The van der Waals surface area contributed by atoms with Crippen LogP contribution in [0.1, 0.15) is 72.4 Å². The fourth-order valence-corrected chi connectivity index (χ4v) is 5.52. The molecule has 5 rings (SSSR count). The second kappa shape index (κ2) is 10.7. The number of benzene rings is 2. The number of amides is 2. The van der Waals surface area contributed by atoms with Crippen molar-refractivity contribution in [1.82, 2.24) is 19.3 Å². The summed E-state index contributed by atoms with van der Waals surface area (Å²) in [5.41, 5.74) is 12.0. The number of aromatic nitrogens is 3. The smallest absolute Gasteiger partial charge is 0.255 e. The number of rotatable bonds is 6. The lowest BCUT2D eigenvalue weighted by molar-refractivity contribution is -0.129. The molecule has 0 spiro atoms. The van der Waals surface area contributed by atoms with Crippen LogP contribution in [0.5, 0.6) is 0 Å². The maximum Gasteiger partial charge on any atom is 0.255 e. The number of carbonyl (C=O) groups is 2. The normalized spacial score (nSPS) is 15.5. The molecule has 2 amide bonds. The summed E-state index contributed by atoms with van der Waals surface area (Å²) >= 11 is 0. The van der Waals surface area contributed by atoms with Crippen molar-refractivity contribution >= 4 is 28.8 Å². The Morgan fingerprint density at radius 3 is 2.74 bits per heavy atom. The van der Waals surface area contributed by atoms with Crippen molar-refractivity contribution < 1.29 is 9.59 Å². The van der Waals surface area contributed by atoms with Crippen LogP contribution in [0.25, 0.3) is 16.8 Å². The van der Waals surface area contributed by atoms with Crippen LogP contribution in [0.3, 0.4) is 0 Å². The van der Waals surface area contributed by atoms with Gasteiger partial charge in [0.15, 0.2) is 0 Å². The summed E-state index contributed by atoms with van der Waals surface area (Å²) in [6.07, 6.45) is 7.53. The molecule has 39 heavy (non-hydrogen) atoms. The minimum absolute atomic E-state index is 0.115. The van der Waals surface area contributed by atoms with Gasteiger partial charge in [-0.3, -0.25) is 14.0 Å². The number of hydrogen-bond donors (Lipinski definition) is 2. The van der Waals surface area contributed by atoms with Gasteiger partial charge in [-0.25, -0.2) is 9.97 Å². The van der Waals surface area contributed by atoms with Gasteiger partial charge in [0.05, 0.1) is 6.04 Å². The van der Waals surface area contributed by atoms with Gasteiger partial charge in [-0.2, -0.15) is 0 Å². The van der Waals surface area contributed by atoms with Gasteiger partial charge in [0.2, 0.25) is 5.91 Å². The minimum Gasteiger partial charge on any atom is -0.382 e. The molecule has 8 heteroatoms. The monoisotopic (exact) mass is 522 g/mol. The zero-order chi connectivity index (χ0) is 27.7. The van der Waals surface area contributed by atoms with Gasteiger partial charge < -0.3 is 16.0 Å². The number of nitrogens with one attached hydrogen (secondary N) is 1. The largest absolute Gasteiger partial charge is 0.382 e. The molecule has 2 aromatic carbocycles. The van der Waals surface area contributed by atoms with Gasteiger partial charge in [0.1, 0.15) is 22.9 Å². The summed E-state index contributed by atoms with van der Waals surface area (Å²) in [6, 6.07) is 13.1. The maximum absolute atomic E-state index is 13.2. The van der Waals surface area contributed by atoms with Gasteiger partial charge in [-0.05, 0) is 73.6 Å². The first-order valence-electron chi connectivity index (χ1n) is 13.4. The first-order valence-corrected chi connectivity index (χ1v) is 13.4. The van der Waals surface area contributed by atoms with Crippen LogP contribution in [0.4, 0.5) is 11.5 Å². The molecule has 3 heterocycles. The molecular weight excluding hydrogens is 488 g/mol. The molecule has 1 atom stereocenters. The van der Waals surface area contributed by atoms with Crippen molar-refractivity contribution in [3.63, 3.8) is 0 Å². The zero-order valence-electron chi connectivity index (χ0n) is 22.6. The predicted molar refractivity (Wildman–Crippen MR) is 155 cm³/mol. The Kier molecular flexibility index (Phi) is 7.19. The van der Waals surface area contributed by atoms with Crippen molar-refractivity contribution in [2.75, 3.05) is 17.6 Å². The van der Waals surface area contributed by atoms with E-state index in [-0.39, 0.29) is 17.9 Å². The third-order valence-corrected chi connectivity index (χ3v) is 7.42. The molecular formula is C31H34N6O2. The molecule has 1 aliphatic heterocycles. The topological polar surface area (TPSA) is 106 Å². The molecule has 1 saturated heterocycles. The molecule has 4 aromatic rings. The summed E-state index contributed by atoms with van der Waals surface area (Å²) < 4.78 is 1.92. The number of anilines is 2. The number of carbonyl (C=O) groups excluding carboxylic acids is 2. The van der Waals surface area contributed by atoms with Gasteiger partial charge in [0.25, 0.3) is 5.91 Å². The first kappa shape index (κ1) is 26.2. The number of aryl methyl sites for hydroxylation is 1. The van der Waals surface area contributed by atoms with E-state index in [1.165, 1.54) is 11.6 Å². The summed E-state index contributed by atoms with van der Waals surface area (Å²) in [7, 11) is 0. The van der Waals surface area contributed by atoms with E-state index in [0.29, 0.717) is 35.1 Å². The Balaban J connectivity index is 1.52. The standard InChI is InChI=1S/C31H34N6O2/c1-5-26(38)36-15-7-6-11-25(36)30-35-27(28-29(32)33-14-16-37(28)30)21-9-8-10-22(18-21)31(39)34-23-12-13-24(19(2)3)20(4)17-23/h5,8-10,12-14,16-19,25H,1,6-7,11,15H2,2-4H3,(H2,32,33)(H,34,39)/t25-/m0/s1. The molecule has 200 valence electrons. The summed E-state index contributed by atoms with van der Waals surface area (Å²) in [6.45, 7) is 10.7. The number of nitrogens with zero attached hydrogens (tertiary/aromatic N) is 4. The van der Waals surface area contributed by atoms with E-state index in [1.807, 2.05) is 45.8 Å². The van der Waals surface area contributed by atoms with Crippen LogP contribution >= 0.6 is 0 Å². The third kappa shape index (κ3) is 5.02. The van der Waals surface area contributed by atoms with E-state index in [0.717, 1.165) is 41.9 Å². The fourth-order valence-electron chi connectivity index (χ4n) is 5.52. The van der Waals surface area contributed by atoms with Gasteiger partial charge in [-0.1, -0.05) is 38.6 Å². The Hall–Kier alpha value is -4.46. The molecule has 0 bridgehead atoms. The van der Waals surface area contributed by atoms with E-state index in [4.69, 9.17) is 10.7 Å². The van der Waals surface area contributed by atoms with Crippen LogP contribution in [-0.4, -0.2) is 37.6 Å². The van der Waals surface area contributed by atoms with Crippen molar-refractivity contribution in [2.24, 2.45) is 0 Å². The average molecular weight is 523 g/mol. The number of piperidine rings is 1. The van der Waals surface area contributed by atoms with Gasteiger partial charge >= 0.3 is 0 Å². The molecule has 3 N–H and O–H groups in total. The Morgan fingerprint density at radius 1 is 1.18 bits per heavy atom. The quantitative estimate of drug-likeness (QED) is 0.307. The van der Waals surface area contributed by atoms with Crippen LogP contribution in [-0.2, 0) is 4.79 Å². The second-order valence-corrected chi connectivity index (χ2v) is 10.4. The van der Waals surface area contributed by atoms with Crippen LogP contribution in [0, 0.1) is 6.92 Å². The van der Waals surface area contributed by atoms with Crippen molar-refractivity contribution in [1.29, 1.82) is 0 Å². The van der Waals surface area contributed by atoms with E-state index in [1.54, 1.807) is 12.3 Å². The Labute approximate surface area is 228 Å². The minimum atomic E-state index is -0.212. The van der Waals surface area contributed by atoms with E-state index < -0.39 is 0 Å². The lowest BCUT2D eigenvalue weighted by atomic mass is 9.97. The molecule has 0 aliphatic carbocycles. The summed E-state index contributed by atoms with van der Waals surface area (Å²) in [5.74, 6) is 1.14. The fraction of sp³-hybridized carbons (Fsp3) is 0.290. The highest BCUT2D eigenvalue weighted by Gasteiger charge is 2.31. The summed E-state index contributed by atoms with van der Waals surface area (Å²) in [5, 5.41) is 3.02. The molecule has 0 saturated carbocycles. The molecule has 0 unspecified atom stereocenters. The second-order valence-electron chi connectivity index (χ2n) is 10.4. The lowest BCUT2D eigenvalue weighted by Gasteiger charge is -2.34. The van der Waals surface area contributed by atoms with E-state index >= 15 is 0 Å². The highest BCUT2D eigenvalue weighted by Crippen LogP contribution is 2.36. The number of fused-ring (bicyclic) bond motifs is 1. The molecule has 1 aliphatic rings. The highest BCUT2D eigenvalue weighted by atomic mass is 16.2. The average Bonchev–Trinajstić information content (AvgIpc) is 3.33. The number of hydrogen-bond acceptors (Lipinski definition) is 5. The van der Waals surface area contributed by atoms with Gasteiger partial charge in [-0.15, -0.1) is 0 Å². The summed E-state index contributed by atoms with van der Waals surface area (Å²) in [4.78, 5) is 37.0. The Bertz CT molecular complexity index is 1570. The predicted octanol–water partition coefficient (Wildman–Crippen LogP) is 5.90. The van der Waals surface area contributed by atoms with Gasteiger partial charge in [0, 0.05) is 35.8 Å². The van der Waals surface area contributed by atoms with Crippen LogP contribution in [0.15, 0.2) is 67.5 Å². The molecule has 0 radical (unpaired) electrons. The number of nitrogens with two attached hydrogens (primary N) is 1. The SMILES string of the molecule is C=CC(=O)N1CCCC[C@H]1c1nc(-c2cccc(C(=O)Nc3ccc(C(C)C)c(C)c3)c2)c2c(N)nccn12. The van der Waals surface area contributed by atoms with Crippen molar-refractivity contribution in [3.05, 3.63) is 90.0 Å². The third-order valence-electron chi connectivity index (χ3n) is 7.42. The zero-order valence-corrected chi connectivity index (χ0v) is 22.6.